The summed E-state index contributed by atoms with van der Waals surface area (Å²) in [5, 5.41) is 8.38. The van der Waals surface area contributed by atoms with Gasteiger partial charge in [-0.25, -0.2) is 4.79 Å². The number of carbonyl (C=O) groups excluding carboxylic acids is 4. The minimum Gasteiger partial charge on any atom is -0.493 e. The van der Waals surface area contributed by atoms with E-state index in [1.54, 1.807) is 97.1 Å². The van der Waals surface area contributed by atoms with Crippen LogP contribution in [-0.4, -0.2) is 50.3 Å². The summed E-state index contributed by atoms with van der Waals surface area (Å²) in [7, 11) is 3.04. The highest BCUT2D eigenvalue weighted by atomic mass is 32.2. The Kier molecular flexibility index (Phi) is 13.2. The van der Waals surface area contributed by atoms with Crippen LogP contribution in [0.4, 0.5) is 11.4 Å². The molecule has 4 rings (SSSR count). The van der Waals surface area contributed by atoms with Crippen LogP contribution in [0.25, 0.3) is 6.08 Å². The van der Waals surface area contributed by atoms with E-state index in [1.807, 2.05) is 13.0 Å². The Morgan fingerprint density at radius 1 is 0.750 bits per heavy atom. The van der Waals surface area contributed by atoms with Gasteiger partial charge in [0.2, 0.25) is 5.91 Å². The van der Waals surface area contributed by atoms with Gasteiger partial charge in [-0.2, -0.15) is 0 Å². The SMILES string of the molecule is CCCCOC(=O)c1ccc(NC(=O)CSc2cccc(NC(=O)/C(=C\c3ccc(OC)c(OC)c3)NC(=O)c3ccccc3)c2)cc1. The molecular formula is C37H37N3O7S. The molecule has 0 aliphatic rings. The van der Waals surface area contributed by atoms with Crippen LogP contribution in [0.1, 0.15) is 46.0 Å². The highest BCUT2D eigenvalue weighted by molar-refractivity contribution is 8.00. The number of hydrogen-bond donors (Lipinski definition) is 3. The van der Waals surface area contributed by atoms with E-state index >= 15 is 0 Å². The number of esters is 1. The molecular weight excluding hydrogens is 630 g/mol. The van der Waals surface area contributed by atoms with Crippen molar-refractivity contribution in [2.45, 2.75) is 24.7 Å². The second-order valence-electron chi connectivity index (χ2n) is 10.4. The number of hydrogen-bond acceptors (Lipinski definition) is 8. The zero-order valence-electron chi connectivity index (χ0n) is 26.9. The first-order valence-electron chi connectivity index (χ1n) is 15.2. The molecule has 0 radical (unpaired) electrons. The van der Waals surface area contributed by atoms with E-state index in [4.69, 9.17) is 14.2 Å². The summed E-state index contributed by atoms with van der Waals surface area (Å²) in [5.74, 6) is -0.540. The van der Waals surface area contributed by atoms with Gasteiger partial charge in [-0.3, -0.25) is 14.4 Å². The highest BCUT2D eigenvalue weighted by Crippen LogP contribution is 2.29. The van der Waals surface area contributed by atoms with E-state index in [0.717, 1.165) is 17.7 Å². The summed E-state index contributed by atoms with van der Waals surface area (Å²) >= 11 is 1.29. The minimum absolute atomic E-state index is 0.00810. The Hall–Kier alpha value is -5.55. The molecule has 0 saturated heterocycles. The molecule has 0 unspecified atom stereocenters. The molecule has 0 saturated carbocycles. The lowest BCUT2D eigenvalue weighted by Crippen LogP contribution is -2.30. The summed E-state index contributed by atoms with van der Waals surface area (Å²) in [4.78, 5) is 52.0. The molecule has 3 N–H and O–H groups in total. The van der Waals surface area contributed by atoms with E-state index in [0.29, 0.717) is 46.2 Å². The van der Waals surface area contributed by atoms with Crippen LogP contribution in [0.15, 0.2) is 108 Å². The second kappa shape index (κ2) is 18.0. The van der Waals surface area contributed by atoms with Crippen LogP contribution in [0.3, 0.4) is 0 Å². The number of methoxy groups -OCH3 is 2. The first-order chi connectivity index (χ1) is 23.3. The Labute approximate surface area is 283 Å². The van der Waals surface area contributed by atoms with E-state index in [-0.39, 0.29) is 17.4 Å². The largest absolute Gasteiger partial charge is 0.493 e. The molecule has 3 amide bonds. The third-order valence-corrected chi connectivity index (χ3v) is 7.84. The predicted octanol–water partition coefficient (Wildman–Crippen LogP) is 6.80. The summed E-state index contributed by atoms with van der Waals surface area (Å²) < 4.78 is 15.9. The number of ether oxygens (including phenoxy) is 3. The third kappa shape index (κ3) is 10.5. The standard InChI is InChI=1S/C37H37N3O7S/c1-4-5-20-47-37(44)27-15-17-28(18-16-27)38-34(41)24-48-30-13-9-12-29(23-30)39-36(43)31(40-35(42)26-10-7-6-8-11-26)21-25-14-19-32(45-2)33(22-25)46-3/h6-19,21-23H,4-5,20,24H2,1-3H3,(H,38,41)(H,39,43)(H,40,42)/b31-21+. The predicted molar refractivity (Wildman–Crippen MR) is 187 cm³/mol. The molecule has 0 spiro atoms. The molecule has 4 aromatic carbocycles. The van der Waals surface area contributed by atoms with E-state index in [9.17, 15) is 19.2 Å². The lowest BCUT2D eigenvalue weighted by molar-refractivity contribution is -0.114. The first kappa shape index (κ1) is 35.3. The molecule has 0 fully saturated rings. The number of amides is 3. The number of carbonyl (C=O) groups is 4. The van der Waals surface area contributed by atoms with E-state index < -0.39 is 17.8 Å². The van der Waals surface area contributed by atoms with E-state index in [2.05, 4.69) is 16.0 Å². The lowest BCUT2D eigenvalue weighted by Gasteiger charge is -2.13. The Bertz CT molecular complexity index is 1760. The van der Waals surface area contributed by atoms with Gasteiger partial charge in [0.25, 0.3) is 11.8 Å². The van der Waals surface area contributed by atoms with Gasteiger partial charge in [-0.1, -0.05) is 43.7 Å². The highest BCUT2D eigenvalue weighted by Gasteiger charge is 2.16. The Balaban J connectivity index is 1.41. The molecule has 0 atom stereocenters. The lowest BCUT2D eigenvalue weighted by atomic mass is 10.1. The number of unbranched alkanes of at least 4 members (excludes halogenated alkanes) is 1. The molecule has 48 heavy (non-hydrogen) atoms. The monoisotopic (exact) mass is 667 g/mol. The average molecular weight is 668 g/mol. The fourth-order valence-electron chi connectivity index (χ4n) is 4.34. The molecule has 10 nitrogen and oxygen atoms in total. The van der Waals surface area contributed by atoms with Gasteiger partial charge < -0.3 is 30.2 Å². The second-order valence-corrected chi connectivity index (χ2v) is 11.4. The summed E-state index contributed by atoms with van der Waals surface area (Å²) in [6.45, 7) is 2.39. The number of benzene rings is 4. The molecule has 0 bridgehead atoms. The van der Waals surface area contributed by atoms with E-state index in [1.165, 1.54) is 26.0 Å². The van der Waals surface area contributed by atoms with Crippen LogP contribution < -0.4 is 25.4 Å². The summed E-state index contributed by atoms with van der Waals surface area (Å²) in [5.41, 5.74) is 2.44. The quantitative estimate of drug-likeness (QED) is 0.0546. The van der Waals surface area contributed by atoms with Gasteiger partial charge in [0.15, 0.2) is 11.5 Å². The van der Waals surface area contributed by atoms with Gasteiger partial charge in [0.05, 0.1) is 32.1 Å². The molecule has 0 heterocycles. The van der Waals surface area contributed by atoms with Crippen molar-refractivity contribution in [2.24, 2.45) is 0 Å². The van der Waals surface area contributed by atoms with Crippen molar-refractivity contribution in [1.82, 2.24) is 5.32 Å². The molecule has 0 aliphatic carbocycles. The smallest absolute Gasteiger partial charge is 0.338 e. The molecule has 0 aliphatic heterocycles. The first-order valence-corrected chi connectivity index (χ1v) is 16.2. The topological polar surface area (TPSA) is 132 Å². The molecule has 248 valence electrons. The van der Waals surface area contributed by atoms with Gasteiger partial charge in [0.1, 0.15) is 5.70 Å². The summed E-state index contributed by atoms with van der Waals surface area (Å²) in [6, 6.07) is 27.3. The van der Waals surface area contributed by atoms with Crippen molar-refractivity contribution >= 4 is 52.9 Å². The fraction of sp³-hybridized carbons (Fsp3) is 0.189. The van der Waals surface area contributed by atoms with Gasteiger partial charge in [-0.15, -0.1) is 11.8 Å². The molecule has 11 heteroatoms. The number of anilines is 2. The zero-order chi connectivity index (χ0) is 34.3. The maximum Gasteiger partial charge on any atom is 0.338 e. The zero-order valence-corrected chi connectivity index (χ0v) is 27.7. The van der Waals surface area contributed by atoms with Gasteiger partial charge in [-0.05, 0) is 84.8 Å². The van der Waals surface area contributed by atoms with Crippen molar-refractivity contribution in [2.75, 3.05) is 37.2 Å². The van der Waals surface area contributed by atoms with Crippen molar-refractivity contribution in [3.8, 4) is 11.5 Å². The van der Waals surface area contributed by atoms with Crippen LogP contribution in [0, 0.1) is 0 Å². The van der Waals surface area contributed by atoms with Gasteiger partial charge >= 0.3 is 5.97 Å². The number of rotatable bonds is 15. The maximum atomic E-state index is 13.5. The third-order valence-electron chi connectivity index (χ3n) is 6.84. The summed E-state index contributed by atoms with van der Waals surface area (Å²) in [6.07, 6.45) is 3.28. The van der Waals surface area contributed by atoms with Crippen LogP contribution in [-0.2, 0) is 14.3 Å². The average Bonchev–Trinajstić information content (AvgIpc) is 3.11. The van der Waals surface area contributed by atoms with Crippen molar-refractivity contribution in [1.29, 1.82) is 0 Å². The van der Waals surface area contributed by atoms with Gasteiger partial charge in [0, 0.05) is 21.8 Å². The van der Waals surface area contributed by atoms with Crippen LogP contribution in [0.2, 0.25) is 0 Å². The number of thioether (sulfide) groups is 1. The minimum atomic E-state index is -0.549. The number of nitrogens with one attached hydrogen (secondary N) is 3. The Morgan fingerprint density at radius 2 is 1.50 bits per heavy atom. The Morgan fingerprint density at radius 3 is 2.21 bits per heavy atom. The molecule has 0 aromatic heterocycles. The fourth-order valence-corrected chi connectivity index (χ4v) is 5.10. The maximum absolute atomic E-state index is 13.5. The van der Waals surface area contributed by atoms with Crippen molar-refractivity contribution < 1.29 is 33.4 Å². The molecule has 4 aromatic rings. The van der Waals surface area contributed by atoms with Crippen molar-refractivity contribution in [3.05, 3.63) is 119 Å². The van der Waals surface area contributed by atoms with Crippen molar-refractivity contribution in [3.63, 3.8) is 0 Å². The van der Waals surface area contributed by atoms with Crippen LogP contribution >= 0.6 is 11.8 Å². The normalized spacial score (nSPS) is 10.9. The van der Waals surface area contributed by atoms with Crippen LogP contribution in [0.5, 0.6) is 11.5 Å².